The van der Waals surface area contributed by atoms with Crippen LogP contribution < -0.4 is 15.2 Å². The number of hydrogen-bond donors (Lipinski definition) is 1. The third-order valence-electron chi connectivity index (χ3n) is 9.43. The molecule has 1 amide bonds. The number of likely N-dealkylation sites (tertiary alicyclic amines) is 1. The van der Waals surface area contributed by atoms with Crippen LogP contribution in [0.15, 0.2) is 46.6 Å². The van der Waals surface area contributed by atoms with Crippen LogP contribution in [0.25, 0.3) is 10.9 Å². The number of fused-ring (bicyclic) bond motifs is 1. The van der Waals surface area contributed by atoms with Crippen LogP contribution in [0, 0.1) is 6.92 Å². The number of aromatic amines is 1. The van der Waals surface area contributed by atoms with Gasteiger partial charge < -0.3 is 33.9 Å². The fourth-order valence-electron chi connectivity index (χ4n) is 6.61. The number of nitrogens with zero attached hydrogens (tertiary/aromatic N) is 4. The van der Waals surface area contributed by atoms with Gasteiger partial charge >= 0.3 is 24.3 Å². The molecule has 0 unspecified atom stereocenters. The molecule has 1 aromatic carbocycles. The van der Waals surface area contributed by atoms with E-state index in [2.05, 4.69) is 19.6 Å². The minimum absolute atomic E-state index is 0.0881. The molecule has 0 radical (unpaired) electrons. The SMILES string of the molecule is Cc1nc(C(=O)N2CCOC3(CCN(CCc4ccc(N(C)C[C@H](OC(=O)C(F)(F)F)c5ccc(OC(=O)C(F)(F)F)c6[nH]c(=O)ccc56)s4)CC3)C2)cs1. The number of morpholine rings is 1. The van der Waals surface area contributed by atoms with Crippen molar-refractivity contribution in [1.82, 2.24) is 19.8 Å². The zero-order valence-electron chi connectivity index (χ0n) is 29.4. The fraction of sp³-hybridized carbons (Fsp3) is 0.457. The van der Waals surface area contributed by atoms with E-state index in [4.69, 9.17) is 9.47 Å². The van der Waals surface area contributed by atoms with Crippen molar-refractivity contribution in [3.05, 3.63) is 73.3 Å². The van der Waals surface area contributed by atoms with Gasteiger partial charge in [0.15, 0.2) is 5.75 Å². The monoisotopic (exact) mass is 815 g/mol. The van der Waals surface area contributed by atoms with E-state index in [1.807, 2.05) is 17.9 Å². The molecule has 2 fully saturated rings. The molecule has 0 bridgehead atoms. The summed E-state index contributed by atoms with van der Waals surface area (Å²) in [6.07, 6.45) is -10.2. The quantitative estimate of drug-likeness (QED) is 0.122. The number of halogens is 6. The summed E-state index contributed by atoms with van der Waals surface area (Å²) in [7, 11) is 1.57. The molecular weight excluding hydrogens is 781 g/mol. The highest BCUT2D eigenvalue weighted by Crippen LogP contribution is 2.36. The first-order valence-electron chi connectivity index (χ1n) is 17.0. The number of anilines is 1. The molecule has 1 N–H and O–H groups in total. The summed E-state index contributed by atoms with van der Waals surface area (Å²) < 4.78 is 94.6. The summed E-state index contributed by atoms with van der Waals surface area (Å²) in [4.78, 5) is 62.0. The van der Waals surface area contributed by atoms with E-state index in [1.54, 1.807) is 23.4 Å². The van der Waals surface area contributed by atoms with Gasteiger partial charge in [0, 0.05) is 60.5 Å². The van der Waals surface area contributed by atoms with Gasteiger partial charge in [0.25, 0.3) is 5.91 Å². The Hall–Kier alpha value is -4.53. The van der Waals surface area contributed by atoms with E-state index in [0.29, 0.717) is 36.8 Å². The maximum atomic E-state index is 13.4. The lowest BCUT2D eigenvalue weighted by atomic mass is 9.89. The molecule has 20 heteroatoms. The first-order valence-corrected chi connectivity index (χ1v) is 18.7. The van der Waals surface area contributed by atoms with Crippen LogP contribution in [0.5, 0.6) is 5.75 Å². The Morgan fingerprint density at radius 2 is 1.75 bits per heavy atom. The molecule has 2 aliphatic heterocycles. The zero-order chi connectivity index (χ0) is 39.7. The number of hydrogen-bond acceptors (Lipinski definition) is 12. The maximum Gasteiger partial charge on any atom is 0.491 e. The first kappa shape index (κ1) is 40.1. The highest BCUT2D eigenvalue weighted by atomic mass is 32.1. The summed E-state index contributed by atoms with van der Waals surface area (Å²) in [6.45, 7) is 5.24. The second-order valence-corrected chi connectivity index (χ2v) is 15.5. The molecular formula is C35H35F6N5O7S2. The molecule has 1 atom stereocenters. The van der Waals surface area contributed by atoms with Crippen molar-refractivity contribution in [3.8, 4) is 5.75 Å². The number of rotatable bonds is 10. The number of aryl methyl sites for hydroxylation is 1. The number of pyridine rings is 1. The summed E-state index contributed by atoms with van der Waals surface area (Å²) in [5.74, 6) is -5.87. The average Bonchev–Trinajstić information content (AvgIpc) is 3.79. The van der Waals surface area contributed by atoms with Gasteiger partial charge in [-0.3, -0.25) is 9.59 Å². The number of amides is 1. The number of thiophene rings is 1. The molecule has 0 aliphatic carbocycles. The second-order valence-electron chi connectivity index (χ2n) is 13.3. The fourth-order valence-corrected chi connectivity index (χ4v) is 8.16. The molecule has 5 heterocycles. The smallest absolute Gasteiger partial charge is 0.449 e. The average molecular weight is 816 g/mol. The third kappa shape index (κ3) is 9.47. The number of benzene rings is 1. The number of carbonyl (C=O) groups is 3. The van der Waals surface area contributed by atoms with E-state index in [0.717, 1.165) is 66.6 Å². The molecule has 6 rings (SSSR count). The summed E-state index contributed by atoms with van der Waals surface area (Å²) in [5.41, 5.74) is -1.27. The second kappa shape index (κ2) is 15.9. The van der Waals surface area contributed by atoms with Crippen molar-refractivity contribution in [1.29, 1.82) is 0 Å². The Morgan fingerprint density at radius 1 is 1.02 bits per heavy atom. The van der Waals surface area contributed by atoms with Crippen LogP contribution in [0.2, 0.25) is 0 Å². The highest BCUT2D eigenvalue weighted by molar-refractivity contribution is 7.16. The molecule has 4 aromatic rings. The molecule has 2 saturated heterocycles. The number of ether oxygens (including phenoxy) is 3. The van der Waals surface area contributed by atoms with Gasteiger partial charge in [-0.2, -0.15) is 26.3 Å². The Morgan fingerprint density at radius 3 is 2.42 bits per heavy atom. The Bertz CT molecular complexity index is 2110. The van der Waals surface area contributed by atoms with E-state index in [1.165, 1.54) is 22.7 Å². The summed E-state index contributed by atoms with van der Waals surface area (Å²) in [5, 5.41) is 3.13. The van der Waals surface area contributed by atoms with Crippen molar-refractivity contribution >= 4 is 56.4 Å². The molecule has 2 aliphatic rings. The van der Waals surface area contributed by atoms with Gasteiger partial charge in [-0.1, -0.05) is 6.07 Å². The number of alkyl halides is 6. The van der Waals surface area contributed by atoms with Gasteiger partial charge in [-0.15, -0.1) is 22.7 Å². The van der Waals surface area contributed by atoms with E-state index in [-0.39, 0.29) is 23.4 Å². The Labute approximate surface area is 317 Å². The number of thiazole rings is 1. The number of esters is 2. The first-order chi connectivity index (χ1) is 25.9. The number of aromatic nitrogens is 2. The normalized spacial score (nSPS) is 17.0. The van der Waals surface area contributed by atoms with Gasteiger partial charge in [0.05, 0.1) is 40.8 Å². The molecule has 3 aromatic heterocycles. The van der Waals surface area contributed by atoms with E-state index >= 15 is 0 Å². The van der Waals surface area contributed by atoms with Gasteiger partial charge in [-0.05, 0) is 50.5 Å². The number of H-pyrrole nitrogens is 1. The Kier molecular flexibility index (Phi) is 11.6. The largest absolute Gasteiger partial charge is 0.491 e. The van der Waals surface area contributed by atoms with Crippen molar-refractivity contribution in [3.63, 3.8) is 0 Å². The molecule has 12 nitrogen and oxygen atoms in total. The lowest BCUT2D eigenvalue weighted by Crippen LogP contribution is -2.58. The Balaban J connectivity index is 1.11. The van der Waals surface area contributed by atoms with Gasteiger partial charge in [0.1, 0.15) is 11.8 Å². The molecule has 1 spiro atoms. The summed E-state index contributed by atoms with van der Waals surface area (Å²) in [6, 6.07) is 7.69. The van der Waals surface area contributed by atoms with E-state index < -0.39 is 52.8 Å². The van der Waals surface area contributed by atoms with Crippen molar-refractivity contribution < 1.29 is 54.9 Å². The number of nitrogens with one attached hydrogen (secondary N) is 1. The molecule has 296 valence electrons. The van der Waals surface area contributed by atoms with Crippen LogP contribution >= 0.6 is 22.7 Å². The standard InChI is InChI=1S/C35H35F6N5O7S2/c1-20-42-24(18-54-20)30(48)46-15-16-51-33(19-46)10-13-45(14-11-33)12-9-21-3-8-28(55-21)44(2)17-26(53-32(50)35(39,40)41)22-4-6-25(52-31(49)34(36,37)38)29-23(22)5-7-27(47)43-29/h3-8,18,26H,9-17,19H2,1-2H3,(H,43,47)/t26-/m0/s1. The minimum Gasteiger partial charge on any atom is -0.449 e. The van der Waals surface area contributed by atoms with E-state index in [9.17, 15) is 45.5 Å². The maximum absolute atomic E-state index is 13.4. The van der Waals surface area contributed by atoms with Crippen LogP contribution in [0.4, 0.5) is 31.3 Å². The molecule has 0 saturated carbocycles. The third-order valence-corrected chi connectivity index (χ3v) is 11.5. The van der Waals surface area contributed by atoms with Gasteiger partial charge in [-0.25, -0.2) is 14.6 Å². The number of carbonyl (C=O) groups excluding carboxylic acids is 3. The minimum atomic E-state index is -5.37. The van der Waals surface area contributed by atoms with Crippen LogP contribution in [0.1, 0.15) is 44.9 Å². The lowest BCUT2D eigenvalue weighted by Gasteiger charge is -2.47. The zero-order valence-corrected chi connectivity index (χ0v) is 31.1. The number of likely N-dealkylation sites (N-methyl/N-ethyl adjacent to an activating group) is 1. The van der Waals surface area contributed by atoms with Crippen molar-refractivity contribution in [2.75, 3.05) is 57.8 Å². The van der Waals surface area contributed by atoms with Crippen LogP contribution in [-0.4, -0.2) is 108 Å². The van der Waals surface area contributed by atoms with Crippen molar-refractivity contribution in [2.45, 2.75) is 50.2 Å². The number of piperidine rings is 1. The molecule has 55 heavy (non-hydrogen) atoms. The van der Waals surface area contributed by atoms with Gasteiger partial charge in [0.2, 0.25) is 5.56 Å². The predicted octanol–water partition coefficient (Wildman–Crippen LogP) is 5.65. The van der Waals surface area contributed by atoms with Crippen LogP contribution in [0.3, 0.4) is 0 Å². The summed E-state index contributed by atoms with van der Waals surface area (Å²) >= 11 is 2.82. The van der Waals surface area contributed by atoms with Crippen molar-refractivity contribution in [2.24, 2.45) is 0 Å². The topological polar surface area (TPSA) is 134 Å². The highest BCUT2D eigenvalue weighted by Gasteiger charge is 2.44. The van der Waals surface area contributed by atoms with Crippen LogP contribution in [-0.2, 0) is 25.5 Å². The predicted molar refractivity (Wildman–Crippen MR) is 190 cm³/mol. The lowest BCUT2D eigenvalue weighted by molar-refractivity contribution is -0.204.